The van der Waals surface area contributed by atoms with Crippen molar-refractivity contribution in [3.8, 4) is 0 Å². The molecule has 19 heavy (non-hydrogen) atoms. The van der Waals surface area contributed by atoms with Gasteiger partial charge in [0.25, 0.3) is 5.91 Å². The van der Waals surface area contributed by atoms with Gasteiger partial charge in [-0.15, -0.1) is 0 Å². The van der Waals surface area contributed by atoms with E-state index in [2.05, 4.69) is 5.32 Å². The van der Waals surface area contributed by atoms with Crippen LogP contribution < -0.4 is 5.32 Å². The summed E-state index contributed by atoms with van der Waals surface area (Å²) < 4.78 is 36.9. The molecule has 0 spiro atoms. The summed E-state index contributed by atoms with van der Waals surface area (Å²) in [5.41, 5.74) is -0.798. The number of carboxylic acids is 1. The van der Waals surface area contributed by atoms with E-state index in [1.165, 1.54) is 6.92 Å². The molecule has 1 amide bonds. The van der Waals surface area contributed by atoms with Crippen molar-refractivity contribution in [1.82, 2.24) is 5.32 Å². The molecular formula is C12H12F3NO3. The van der Waals surface area contributed by atoms with Crippen LogP contribution in [0.3, 0.4) is 0 Å². The van der Waals surface area contributed by atoms with E-state index in [4.69, 9.17) is 5.11 Å². The summed E-state index contributed by atoms with van der Waals surface area (Å²) in [4.78, 5) is 22.1. The number of amides is 1. The lowest BCUT2D eigenvalue weighted by Crippen LogP contribution is -2.31. The third kappa shape index (κ3) is 4.27. The molecule has 0 bridgehead atoms. The Morgan fingerprint density at radius 3 is 2.21 bits per heavy atom. The van der Waals surface area contributed by atoms with Gasteiger partial charge < -0.3 is 10.4 Å². The van der Waals surface area contributed by atoms with Gasteiger partial charge in [0.2, 0.25) is 0 Å². The van der Waals surface area contributed by atoms with Gasteiger partial charge in [0.1, 0.15) is 0 Å². The highest BCUT2D eigenvalue weighted by molar-refractivity contribution is 5.94. The van der Waals surface area contributed by atoms with Gasteiger partial charge in [-0.25, -0.2) is 0 Å². The van der Waals surface area contributed by atoms with Crippen LogP contribution in [0.5, 0.6) is 0 Å². The van der Waals surface area contributed by atoms with E-state index >= 15 is 0 Å². The maximum absolute atomic E-state index is 12.3. The van der Waals surface area contributed by atoms with Crippen LogP contribution in [0.15, 0.2) is 24.3 Å². The number of carbonyl (C=O) groups excluding carboxylic acids is 1. The molecular weight excluding hydrogens is 263 g/mol. The third-order valence-electron chi connectivity index (χ3n) is 2.46. The van der Waals surface area contributed by atoms with E-state index in [9.17, 15) is 22.8 Å². The molecule has 0 unspecified atom stereocenters. The first-order valence-corrected chi connectivity index (χ1v) is 5.40. The van der Waals surface area contributed by atoms with Crippen molar-refractivity contribution in [2.75, 3.05) is 6.54 Å². The molecule has 0 aromatic heterocycles. The van der Waals surface area contributed by atoms with Crippen LogP contribution in [-0.4, -0.2) is 23.5 Å². The summed E-state index contributed by atoms with van der Waals surface area (Å²) in [6.07, 6.45) is -4.45. The Labute approximate surface area is 107 Å². The monoisotopic (exact) mass is 275 g/mol. The van der Waals surface area contributed by atoms with Crippen LogP contribution in [0.1, 0.15) is 22.8 Å². The van der Waals surface area contributed by atoms with E-state index in [0.717, 1.165) is 24.3 Å². The lowest BCUT2D eigenvalue weighted by Gasteiger charge is -2.10. The van der Waals surface area contributed by atoms with Crippen molar-refractivity contribution in [1.29, 1.82) is 0 Å². The molecule has 104 valence electrons. The summed E-state index contributed by atoms with van der Waals surface area (Å²) >= 11 is 0. The minimum atomic E-state index is -4.45. The number of benzene rings is 1. The molecule has 2 N–H and O–H groups in total. The number of rotatable bonds is 4. The van der Waals surface area contributed by atoms with Crippen LogP contribution in [0.4, 0.5) is 13.2 Å². The lowest BCUT2D eigenvalue weighted by atomic mass is 10.1. The summed E-state index contributed by atoms with van der Waals surface area (Å²) in [6.45, 7) is 1.32. The summed E-state index contributed by atoms with van der Waals surface area (Å²) in [6, 6.07) is 3.69. The van der Waals surface area contributed by atoms with Crippen LogP contribution in [0.25, 0.3) is 0 Å². The van der Waals surface area contributed by atoms with Gasteiger partial charge >= 0.3 is 12.1 Å². The Morgan fingerprint density at radius 2 is 1.79 bits per heavy atom. The Kier molecular flexibility index (Phi) is 4.52. The Morgan fingerprint density at radius 1 is 1.26 bits per heavy atom. The maximum atomic E-state index is 12.3. The molecule has 1 aromatic rings. The van der Waals surface area contributed by atoms with Gasteiger partial charge in [-0.2, -0.15) is 13.2 Å². The van der Waals surface area contributed by atoms with Crippen molar-refractivity contribution in [3.63, 3.8) is 0 Å². The molecule has 1 rings (SSSR count). The van der Waals surface area contributed by atoms with Gasteiger partial charge in [-0.05, 0) is 24.3 Å². The van der Waals surface area contributed by atoms with Gasteiger partial charge in [0.05, 0.1) is 11.5 Å². The first kappa shape index (κ1) is 15.0. The SMILES string of the molecule is C[C@H](CNC(=O)c1ccc(C(F)(F)F)cc1)C(=O)O. The van der Waals surface area contributed by atoms with Gasteiger partial charge in [-0.1, -0.05) is 6.92 Å². The van der Waals surface area contributed by atoms with Gasteiger partial charge in [0.15, 0.2) is 0 Å². The minimum Gasteiger partial charge on any atom is -0.481 e. The van der Waals surface area contributed by atoms with Crippen LogP contribution in [-0.2, 0) is 11.0 Å². The molecule has 0 saturated carbocycles. The fourth-order valence-electron chi connectivity index (χ4n) is 1.25. The van der Waals surface area contributed by atoms with Crippen molar-refractivity contribution in [2.24, 2.45) is 5.92 Å². The molecule has 0 aliphatic rings. The van der Waals surface area contributed by atoms with E-state index < -0.39 is 29.5 Å². The number of alkyl halides is 3. The first-order valence-electron chi connectivity index (χ1n) is 5.40. The largest absolute Gasteiger partial charge is 0.481 e. The standard InChI is InChI=1S/C12H12F3NO3/c1-7(11(18)19)6-16-10(17)8-2-4-9(5-3-8)12(13,14)15/h2-5,7H,6H2,1H3,(H,16,17)(H,18,19)/t7-/m1/s1. The van der Waals surface area contributed by atoms with E-state index in [-0.39, 0.29) is 12.1 Å². The molecule has 7 heteroatoms. The highest BCUT2D eigenvalue weighted by Crippen LogP contribution is 2.28. The Hall–Kier alpha value is -2.05. The van der Waals surface area contributed by atoms with Crippen LogP contribution >= 0.6 is 0 Å². The Balaban J connectivity index is 2.66. The number of carboxylic acid groups (broad SMARTS) is 1. The zero-order valence-electron chi connectivity index (χ0n) is 9.99. The predicted molar refractivity (Wildman–Crippen MR) is 60.6 cm³/mol. The van der Waals surface area contributed by atoms with Crippen molar-refractivity contribution in [2.45, 2.75) is 13.1 Å². The third-order valence-corrected chi connectivity index (χ3v) is 2.46. The summed E-state index contributed by atoms with van der Waals surface area (Å²) in [5.74, 6) is -2.44. The van der Waals surface area contributed by atoms with Crippen molar-refractivity contribution >= 4 is 11.9 Å². The normalized spacial score (nSPS) is 12.8. The van der Waals surface area contributed by atoms with Crippen molar-refractivity contribution < 1.29 is 27.9 Å². The highest BCUT2D eigenvalue weighted by Gasteiger charge is 2.30. The second-order valence-corrected chi connectivity index (χ2v) is 4.02. The molecule has 0 radical (unpaired) electrons. The fraction of sp³-hybridized carbons (Fsp3) is 0.333. The number of hydrogen-bond acceptors (Lipinski definition) is 2. The topological polar surface area (TPSA) is 66.4 Å². The van der Waals surface area contributed by atoms with E-state index in [0.29, 0.717) is 0 Å². The highest BCUT2D eigenvalue weighted by atomic mass is 19.4. The molecule has 0 fully saturated rings. The van der Waals surface area contributed by atoms with E-state index in [1.54, 1.807) is 0 Å². The number of nitrogens with one attached hydrogen (secondary N) is 1. The average Bonchev–Trinajstić information content (AvgIpc) is 2.34. The zero-order chi connectivity index (χ0) is 14.6. The van der Waals surface area contributed by atoms with Crippen LogP contribution in [0, 0.1) is 5.92 Å². The lowest BCUT2D eigenvalue weighted by molar-refractivity contribution is -0.141. The van der Waals surface area contributed by atoms with Crippen LogP contribution in [0.2, 0.25) is 0 Å². The summed E-state index contributed by atoms with van der Waals surface area (Å²) in [5, 5.41) is 11.0. The predicted octanol–water partition coefficient (Wildman–Crippen LogP) is 2.16. The number of carbonyl (C=O) groups is 2. The minimum absolute atomic E-state index is 0.0468. The fourth-order valence-corrected chi connectivity index (χ4v) is 1.25. The van der Waals surface area contributed by atoms with Gasteiger partial charge in [0, 0.05) is 12.1 Å². The number of halogens is 3. The van der Waals surface area contributed by atoms with Crippen molar-refractivity contribution in [3.05, 3.63) is 35.4 Å². The average molecular weight is 275 g/mol. The molecule has 0 aliphatic heterocycles. The zero-order valence-corrected chi connectivity index (χ0v) is 9.99. The quantitative estimate of drug-likeness (QED) is 0.884. The maximum Gasteiger partial charge on any atom is 0.416 e. The molecule has 0 saturated heterocycles. The number of hydrogen-bond donors (Lipinski definition) is 2. The molecule has 1 aromatic carbocycles. The Bertz CT molecular complexity index is 468. The number of aliphatic carboxylic acids is 1. The molecule has 0 heterocycles. The summed E-state index contributed by atoms with van der Waals surface area (Å²) in [7, 11) is 0. The molecule has 1 atom stereocenters. The molecule has 4 nitrogen and oxygen atoms in total. The van der Waals surface area contributed by atoms with E-state index in [1.807, 2.05) is 0 Å². The second-order valence-electron chi connectivity index (χ2n) is 4.02. The smallest absolute Gasteiger partial charge is 0.416 e. The second kappa shape index (κ2) is 5.73. The first-order chi connectivity index (χ1) is 8.71. The molecule has 0 aliphatic carbocycles. The van der Waals surface area contributed by atoms with Gasteiger partial charge in [-0.3, -0.25) is 9.59 Å².